The maximum Gasteiger partial charge on any atom is 0.0929 e. The summed E-state index contributed by atoms with van der Waals surface area (Å²) in [7, 11) is 0. The predicted octanol–water partition coefficient (Wildman–Crippen LogP) is 10.6. The molecule has 4 rings (SSSR count). The lowest BCUT2D eigenvalue weighted by Gasteiger charge is -2.29. The number of hydrogen-bond donors (Lipinski definition) is 0. The number of nitrogens with zero attached hydrogens (tertiary/aromatic N) is 2. The molecule has 0 N–H and O–H groups in total. The van der Waals surface area contributed by atoms with Crippen LogP contribution in [0.4, 0.5) is 0 Å². The van der Waals surface area contributed by atoms with Crippen LogP contribution in [0.5, 0.6) is 0 Å². The lowest BCUT2D eigenvalue weighted by atomic mass is 9.77. The molecule has 0 atom stereocenters. The lowest BCUT2D eigenvalue weighted by molar-refractivity contribution is 0.299. The van der Waals surface area contributed by atoms with Crippen LogP contribution in [0, 0.1) is 11.8 Å². The Balaban J connectivity index is 1.21. The van der Waals surface area contributed by atoms with Gasteiger partial charge in [-0.15, -0.1) is 0 Å². The smallest absolute Gasteiger partial charge is 0.0929 e. The van der Waals surface area contributed by atoms with Crippen LogP contribution in [0.3, 0.4) is 0 Å². The van der Waals surface area contributed by atoms with Gasteiger partial charge >= 0.3 is 0 Å². The predicted molar refractivity (Wildman–Crippen MR) is 154 cm³/mol. The van der Waals surface area contributed by atoms with E-state index in [-0.39, 0.29) is 0 Å². The van der Waals surface area contributed by atoms with Crippen molar-refractivity contribution in [1.82, 2.24) is 10.2 Å². The molecule has 0 amide bonds. The quantitative estimate of drug-likeness (QED) is 0.262. The van der Waals surface area contributed by atoms with Crippen molar-refractivity contribution in [3.05, 3.63) is 47.7 Å². The normalized spacial score (nSPS) is 24.6. The van der Waals surface area contributed by atoms with Gasteiger partial charge in [-0.3, -0.25) is 0 Å². The van der Waals surface area contributed by atoms with Gasteiger partial charge < -0.3 is 0 Å². The van der Waals surface area contributed by atoms with Gasteiger partial charge in [-0.1, -0.05) is 102 Å². The molecule has 198 valence electrons. The van der Waals surface area contributed by atoms with Gasteiger partial charge in [-0.05, 0) is 86.8 Å². The molecule has 36 heavy (non-hydrogen) atoms. The standard InChI is InChI=1S/C34H52N2/c1-3-5-7-8-10-12-28-13-17-29(18-14-28)30-21-23-32(24-22-30)34-26-25-33(35-36-34)31-19-15-27(16-20-31)11-9-6-4-2/h21-29,31H,3-20H2,1-2H3. The van der Waals surface area contributed by atoms with Crippen LogP contribution in [0.1, 0.15) is 153 Å². The van der Waals surface area contributed by atoms with Crippen molar-refractivity contribution in [1.29, 1.82) is 0 Å². The summed E-state index contributed by atoms with van der Waals surface area (Å²) >= 11 is 0. The molecule has 2 aliphatic rings. The molecule has 0 bridgehead atoms. The SMILES string of the molecule is CCCCCCCC1CCC(c2ccc(-c3ccc(C4CCC(CCCCC)CC4)nn3)cc2)CC1. The largest absolute Gasteiger partial charge is 0.155 e. The highest BCUT2D eigenvalue weighted by Gasteiger charge is 2.24. The highest BCUT2D eigenvalue weighted by molar-refractivity contribution is 5.59. The fourth-order valence-corrected chi connectivity index (χ4v) is 6.89. The topological polar surface area (TPSA) is 25.8 Å². The van der Waals surface area contributed by atoms with E-state index >= 15 is 0 Å². The van der Waals surface area contributed by atoms with Crippen LogP contribution in [0.2, 0.25) is 0 Å². The van der Waals surface area contributed by atoms with E-state index in [0.717, 1.165) is 23.4 Å². The first kappa shape index (κ1) is 27.3. The number of aromatic nitrogens is 2. The highest BCUT2D eigenvalue weighted by Crippen LogP contribution is 2.39. The third-order valence-electron chi connectivity index (χ3n) is 9.41. The zero-order valence-corrected chi connectivity index (χ0v) is 23.4. The van der Waals surface area contributed by atoms with Crippen molar-refractivity contribution in [2.75, 3.05) is 0 Å². The minimum Gasteiger partial charge on any atom is -0.155 e. The summed E-state index contributed by atoms with van der Waals surface area (Å²) in [5, 5.41) is 9.34. The number of unbranched alkanes of at least 4 members (excludes halogenated alkanes) is 6. The Labute approximate surface area is 222 Å². The molecule has 2 saturated carbocycles. The molecule has 1 heterocycles. The Morgan fingerprint density at radius 3 is 1.69 bits per heavy atom. The van der Waals surface area contributed by atoms with Crippen molar-refractivity contribution in [2.45, 2.75) is 141 Å². The number of rotatable bonds is 13. The Bertz CT molecular complexity index is 840. The van der Waals surface area contributed by atoms with Crippen molar-refractivity contribution in [3.63, 3.8) is 0 Å². The zero-order valence-electron chi connectivity index (χ0n) is 23.4. The minimum atomic E-state index is 0.614. The van der Waals surface area contributed by atoms with Crippen LogP contribution in [-0.4, -0.2) is 10.2 Å². The van der Waals surface area contributed by atoms with E-state index in [2.05, 4.69) is 55.3 Å². The molecule has 0 saturated heterocycles. The molecular weight excluding hydrogens is 436 g/mol. The third kappa shape index (κ3) is 8.15. The first-order chi connectivity index (χ1) is 17.8. The van der Waals surface area contributed by atoms with Gasteiger partial charge in [-0.2, -0.15) is 10.2 Å². The Kier molecular flexibility index (Phi) is 11.3. The first-order valence-corrected chi connectivity index (χ1v) is 15.7. The van der Waals surface area contributed by atoms with Crippen LogP contribution in [-0.2, 0) is 0 Å². The fourth-order valence-electron chi connectivity index (χ4n) is 6.89. The average Bonchev–Trinajstić information content (AvgIpc) is 2.94. The van der Waals surface area contributed by atoms with E-state index in [1.165, 1.54) is 132 Å². The van der Waals surface area contributed by atoms with Gasteiger partial charge in [0, 0.05) is 11.5 Å². The summed E-state index contributed by atoms with van der Waals surface area (Å²) in [4.78, 5) is 0. The number of hydrogen-bond acceptors (Lipinski definition) is 2. The Hall–Kier alpha value is -1.70. The van der Waals surface area contributed by atoms with Crippen molar-refractivity contribution in [3.8, 4) is 11.3 Å². The van der Waals surface area contributed by atoms with Crippen LogP contribution in [0.25, 0.3) is 11.3 Å². The molecule has 2 nitrogen and oxygen atoms in total. The Morgan fingerprint density at radius 1 is 0.556 bits per heavy atom. The third-order valence-corrected chi connectivity index (χ3v) is 9.41. The van der Waals surface area contributed by atoms with E-state index in [1.807, 2.05) is 0 Å². The molecule has 1 aromatic heterocycles. The lowest BCUT2D eigenvalue weighted by Crippen LogP contribution is -2.14. The van der Waals surface area contributed by atoms with Gasteiger partial charge in [-0.25, -0.2) is 0 Å². The summed E-state index contributed by atoms with van der Waals surface area (Å²) in [6.07, 6.45) is 25.1. The fraction of sp³-hybridized carbons (Fsp3) is 0.706. The van der Waals surface area contributed by atoms with Gasteiger partial charge in [0.25, 0.3) is 0 Å². The van der Waals surface area contributed by atoms with Crippen LogP contribution >= 0.6 is 0 Å². The van der Waals surface area contributed by atoms with E-state index in [4.69, 9.17) is 5.10 Å². The zero-order chi connectivity index (χ0) is 25.0. The van der Waals surface area contributed by atoms with Crippen LogP contribution in [0.15, 0.2) is 36.4 Å². The van der Waals surface area contributed by atoms with Crippen molar-refractivity contribution in [2.24, 2.45) is 11.8 Å². The van der Waals surface area contributed by atoms with Gasteiger partial charge in [0.05, 0.1) is 11.4 Å². The second-order valence-corrected chi connectivity index (χ2v) is 12.1. The molecular formula is C34H52N2. The van der Waals surface area contributed by atoms with E-state index in [1.54, 1.807) is 0 Å². The van der Waals surface area contributed by atoms with Gasteiger partial charge in [0.2, 0.25) is 0 Å². The molecule has 1 aromatic carbocycles. The highest BCUT2D eigenvalue weighted by atomic mass is 15.1. The molecule has 2 aliphatic carbocycles. The molecule has 2 aromatic rings. The Morgan fingerprint density at radius 2 is 1.11 bits per heavy atom. The van der Waals surface area contributed by atoms with E-state index < -0.39 is 0 Å². The van der Waals surface area contributed by atoms with E-state index in [9.17, 15) is 0 Å². The maximum atomic E-state index is 4.69. The van der Waals surface area contributed by atoms with Crippen molar-refractivity contribution >= 4 is 0 Å². The summed E-state index contributed by atoms with van der Waals surface area (Å²) < 4.78 is 0. The molecule has 0 aliphatic heterocycles. The summed E-state index contributed by atoms with van der Waals surface area (Å²) in [6.45, 7) is 4.61. The van der Waals surface area contributed by atoms with E-state index in [0.29, 0.717) is 5.92 Å². The molecule has 0 spiro atoms. The number of benzene rings is 1. The summed E-state index contributed by atoms with van der Waals surface area (Å²) in [5.74, 6) is 3.29. The molecule has 0 radical (unpaired) electrons. The minimum absolute atomic E-state index is 0.614. The molecule has 2 fully saturated rings. The van der Waals surface area contributed by atoms with Crippen molar-refractivity contribution < 1.29 is 0 Å². The molecule has 0 unspecified atom stereocenters. The first-order valence-electron chi connectivity index (χ1n) is 15.7. The molecule has 2 heteroatoms. The second kappa shape index (κ2) is 14.9. The summed E-state index contributed by atoms with van der Waals surface area (Å²) in [6, 6.07) is 13.7. The van der Waals surface area contributed by atoms with Crippen LogP contribution < -0.4 is 0 Å². The summed E-state index contributed by atoms with van der Waals surface area (Å²) in [5.41, 5.74) is 4.97. The van der Waals surface area contributed by atoms with Gasteiger partial charge in [0.15, 0.2) is 0 Å². The van der Waals surface area contributed by atoms with Gasteiger partial charge in [0.1, 0.15) is 0 Å². The maximum absolute atomic E-state index is 4.69. The average molecular weight is 489 g/mol. The second-order valence-electron chi connectivity index (χ2n) is 12.1. The monoisotopic (exact) mass is 488 g/mol.